The van der Waals surface area contributed by atoms with Crippen LogP contribution in [0.4, 0.5) is 5.82 Å². The lowest BCUT2D eigenvalue weighted by atomic mass is 9.72. The van der Waals surface area contributed by atoms with Gasteiger partial charge in [0.2, 0.25) is 0 Å². The molecule has 2 heterocycles. The summed E-state index contributed by atoms with van der Waals surface area (Å²) in [5.41, 5.74) is 9.39. The first-order valence-electron chi connectivity index (χ1n) is 9.16. The second-order valence-electron chi connectivity index (χ2n) is 8.16. The smallest absolute Gasteiger partial charge is 0.191 e. The standard InChI is InChI=1S/C21H25N3S2/c1-21(2,3)14-9-10-15-16(11-14)26-19-17(15)18(22)23-20(24-19)25-12-13-7-5-4-6-8-13/h4-8,14H,9-12H2,1-3H3,(H2,22,23,24). The van der Waals surface area contributed by atoms with Gasteiger partial charge in [0.05, 0.1) is 5.39 Å². The number of rotatable bonds is 3. The van der Waals surface area contributed by atoms with Crippen LogP contribution in [-0.4, -0.2) is 9.97 Å². The number of benzene rings is 1. The highest BCUT2D eigenvalue weighted by Crippen LogP contribution is 2.44. The highest BCUT2D eigenvalue weighted by molar-refractivity contribution is 7.98. The summed E-state index contributed by atoms with van der Waals surface area (Å²) < 4.78 is 0. The Balaban J connectivity index is 1.62. The molecule has 0 radical (unpaired) electrons. The molecule has 3 aromatic rings. The number of aryl methyl sites for hydroxylation is 1. The van der Waals surface area contributed by atoms with Crippen LogP contribution in [0.15, 0.2) is 35.5 Å². The van der Waals surface area contributed by atoms with Gasteiger partial charge in [-0.3, -0.25) is 0 Å². The van der Waals surface area contributed by atoms with E-state index >= 15 is 0 Å². The Bertz CT molecular complexity index is 926. The molecule has 0 amide bonds. The molecule has 0 aliphatic heterocycles. The second kappa shape index (κ2) is 6.86. The zero-order valence-corrected chi connectivity index (χ0v) is 17.2. The minimum absolute atomic E-state index is 0.349. The van der Waals surface area contributed by atoms with E-state index in [0.717, 1.165) is 39.9 Å². The number of anilines is 1. The van der Waals surface area contributed by atoms with Crippen molar-refractivity contribution in [2.75, 3.05) is 5.73 Å². The SMILES string of the molecule is CC(C)(C)C1CCc2c(sc3nc(SCc4ccccc4)nc(N)c23)C1. The van der Waals surface area contributed by atoms with Gasteiger partial charge in [-0.25, -0.2) is 9.97 Å². The fourth-order valence-corrected chi connectivity index (χ4v) is 5.88. The van der Waals surface area contributed by atoms with Crippen LogP contribution in [0.1, 0.15) is 43.2 Å². The van der Waals surface area contributed by atoms with Gasteiger partial charge in [-0.2, -0.15) is 0 Å². The van der Waals surface area contributed by atoms with Crippen molar-refractivity contribution < 1.29 is 0 Å². The normalized spacial score (nSPS) is 17.4. The number of aromatic nitrogens is 2. The molecule has 1 aromatic carbocycles. The fraction of sp³-hybridized carbons (Fsp3) is 0.429. The molecule has 5 heteroatoms. The van der Waals surface area contributed by atoms with Crippen molar-refractivity contribution in [1.82, 2.24) is 9.97 Å². The topological polar surface area (TPSA) is 51.8 Å². The molecule has 26 heavy (non-hydrogen) atoms. The Morgan fingerprint density at radius 3 is 2.69 bits per heavy atom. The summed E-state index contributed by atoms with van der Waals surface area (Å²) in [5.74, 6) is 2.24. The molecule has 0 bridgehead atoms. The molecular formula is C21H25N3S2. The number of thioether (sulfide) groups is 1. The van der Waals surface area contributed by atoms with Gasteiger partial charge >= 0.3 is 0 Å². The van der Waals surface area contributed by atoms with E-state index < -0.39 is 0 Å². The minimum Gasteiger partial charge on any atom is -0.383 e. The van der Waals surface area contributed by atoms with E-state index in [9.17, 15) is 0 Å². The predicted molar refractivity (Wildman–Crippen MR) is 113 cm³/mol. The number of thiophene rings is 1. The average Bonchev–Trinajstić information content (AvgIpc) is 2.98. The van der Waals surface area contributed by atoms with Crippen LogP contribution in [-0.2, 0) is 18.6 Å². The van der Waals surface area contributed by atoms with E-state index in [-0.39, 0.29) is 0 Å². The Labute approximate surface area is 163 Å². The zero-order chi connectivity index (χ0) is 18.3. The van der Waals surface area contributed by atoms with Gasteiger partial charge in [-0.15, -0.1) is 11.3 Å². The molecule has 0 saturated carbocycles. The molecule has 1 atom stereocenters. The lowest BCUT2D eigenvalue weighted by molar-refractivity contribution is 0.218. The molecule has 0 fully saturated rings. The van der Waals surface area contributed by atoms with Crippen molar-refractivity contribution in [3.8, 4) is 0 Å². The number of nitrogen functional groups attached to an aromatic ring is 1. The maximum Gasteiger partial charge on any atom is 0.191 e. The number of nitrogens with zero attached hydrogens (tertiary/aromatic N) is 2. The molecular weight excluding hydrogens is 358 g/mol. The van der Waals surface area contributed by atoms with E-state index in [1.54, 1.807) is 11.8 Å². The van der Waals surface area contributed by atoms with Gasteiger partial charge in [0.1, 0.15) is 10.6 Å². The maximum absolute atomic E-state index is 6.36. The van der Waals surface area contributed by atoms with Crippen molar-refractivity contribution in [3.05, 3.63) is 46.3 Å². The molecule has 1 aliphatic carbocycles. The summed E-state index contributed by atoms with van der Waals surface area (Å²) in [5, 5.41) is 1.89. The van der Waals surface area contributed by atoms with E-state index in [1.165, 1.54) is 22.4 Å². The lowest BCUT2D eigenvalue weighted by Gasteiger charge is -2.33. The van der Waals surface area contributed by atoms with Crippen LogP contribution < -0.4 is 5.73 Å². The van der Waals surface area contributed by atoms with Gasteiger partial charge < -0.3 is 5.73 Å². The minimum atomic E-state index is 0.349. The number of hydrogen-bond acceptors (Lipinski definition) is 5. The van der Waals surface area contributed by atoms with Crippen molar-refractivity contribution in [3.63, 3.8) is 0 Å². The van der Waals surface area contributed by atoms with Crippen LogP contribution in [0.25, 0.3) is 10.2 Å². The summed E-state index contributed by atoms with van der Waals surface area (Å²) >= 11 is 3.48. The van der Waals surface area contributed by atoms with Crippen molar-refractivity contribution in [2.24, 2.45) is 11.3 Å². The third-order valence-corrected chi connectivity index (χ3v) is 7.42. The van der Waals surface area contributed by atoms with E-state index in [1.807, 2.05) is 17.4 Å². The Morgan fingerprint density at radius 2 is 1.96 bits per heavy atom. The van der Waals surface area contributed by atoms with Crippen molar-refractivity contribution >= 4 is 39.1 Å². The predicted octanol–water partition coefficient (Wildman–Crippen LogP) is 5.72. The Hall–Kier alpha value is -1.59. The summed E-state index contributed by atoms with van der Waals surface area (Å²) in [6.45, 7) is 7.05. The van der Waals surface area contributed by atoms with Gasteiger partial charge in [0, 0.05) is 10.6 Å². The first-order valence-corrected chi connectivity index (χ1v) is 11.0. The lowest BCUT2D eigenvalue weighted by Crippen LogP contribution is -2.26. The molecule has 4 rings (SSSR count). The summed E-state index contributed by atoms with van der Waals surface area (Å²) in [4.78, 5) is 12.0. The monoisotopic (exact) mass is 383 g/mol. The molecule has 0 spiro atoms. The van der Waals surface area contributed by atoms with Crippen LogP contribution in [0.2, 0.25) is 0 Å². The van der Waals surface area contributed by atoms with E-state index in [0.29, 0.717) is 11.2 Å². The second-order valence-corrected chi connectivity index (χ2v) is 10.2. The molecule has 1 unspecified atom stereocenters. The van der Waals surface area contributed by atoms with E-state index in [4.69, 9.17) is 10.7 Å². The molecule has 2 aromatic heterocycles. The fourth-order valence-electron chi connectivity index (χ4n) is 3.71. The van der Waals surface area contributed by atoms with Gasteiger partial charge in [-0.1, -0.05) is 62.9 Å². The van der Waals surface area contributed by atoms with Crippen LogP contribution in [0, 0.1) is 11.3 Å². The summed E-state index contributed by atoms with van der Waals surface area (Å²) in [7, 11) is 0. The highest BCUT2D eigenvalue weighted by atomic mass is 32.2. The first kappa shape index (κ1) is 17.8. The molecule has 1 aliphatic rings. The molecule has 0 saturated heterocycles. The number of fused-ring (bicyclic) bond motifs is 3. The van der Waals surface area contributed by atoms with Crippen LogP contribution in [0.5, 0.6) is 0 Å². The Morgan fingerprint density at radius 1 is 1.19 bits per heavy atom. The quantitative estimate of drug-likeness (QED) is 0.464. The van der Waals surface area contributed by atoms with Crippen molar-refractivity contribution in [2.45, 2.75) is 50.9 Å². The third-order valence-electron chi connectivity index (χ3n) is 5.35. The summed E-state index contributed by atoms with van der Waals surface area (Å²) in [6, 6.07) is 10.4. The molecule has 3 nitrogen and oxygen atoms in total. The zero-order valence-electron chi connectivity index (χ0n) is 15.6. The first-order chi connectivity index (χ1) is 12.4. The molecule has 136 valence electrons. The van der Waals surface area contributed by atoms with Crippen LogP contribution in [0.3, 0.4) is 0 Å². The largest absolute Gasteiger partial charge is 0.383 e. The Kier molecular flexibility index (Phi) is 4.70. The molecule has 2 N–H and O–H groups in total. The van der Waals surface area contributed by atoms with Gasteiger partial charge in [0.25, 0.3) is 0 Å². The number of hydrogen-bond donors (Lipinski definition) is 1. The third kappa shape index (κ3) is 3.47. The van der Waals surface area contributed by atoms with E-state index in [2.05, 4.69) is 50.0 Å². The maximum atomic E-state index is 6.36. The van der Waals surface area contributed by atoms with Gasteiger partial charge in [-0.05, 0) is 41.7 Å². The summed E-state index contributed by atoms with van der Waals surface area (Å²) in [6.07, 6.45) is 3.47. The average molecular weight is 384 g/mol. The van der Waals surface area contributed by atoms with Crippen molar-refractivity contribution in [1.29, 1.82) is 0 Å². The van der Waals surface area contributed by atoms with Gasteiger partial charge in [0.15, 0.2) is 5.16 Å². The van der Waals surface area contributed by atoms with Crippen LogP contribution >= 0.6 is 23.1 Å². The highest BCUT2D eigenvalue weighted by Gasteiger charge is 2.31. The number of nitrogens with two attached hydrogens (primary N) is 1.